The van der Waals surface area contributed by atoms with Crippen LogP contribution >= 0.6 is 0 Å². The van der Waals surface area contributed by atoms with Gasteiger partial charge in [0.1, 0.15) is 5.82 Å². The minimum atomic E-state index is -0.188. The SMILES string of the molecule is CCc1cc(=O)[nH]c(-c2cccc(NC(=O)C3CCN(C(=O)N4CCCC4)CC3)c2)n1. The maximum Gasteiger partial charge on any atom is 0.319 e. The molecule has 0 radical (unpaired) electrons. The number of hydrogen-bond acceptors (Lipinski definition) is 4. The second-order valence-electron chi connectivity index (χ2n) is 8.25. The summed E-state index contributed by atoms with van der Waals surface area (Å²) in [5.41, 5.74) is 1.95. The van der Waals surface area contributed by atoms with Gasteiger partial charge in [-0.1, -0.05) is 19.1 Å². The molecule has 3 heterocycles. The number of H-pyrrole nitrogens is 1. The van der Waals surface area contributed by atoms with E-state index in [2.05, 4.69) is 15.3 Å². The number of aryl methyl sites for hydroxylation is 1. The number of aromatic nitrogens is 2. The van der Waals surface area contributed by atoms with Gasteiger partial charge in [0.15, 0.2) is 0 Å². The lowest BCUT2D eigenvalue weighted by molar-refractivity contribution is -0.121. The van der Waals surface area contributed by atoms with Crippen LogP contribution in [0.1, 0.15) is 38.3 Å². The number of likely N-dealkylation sites (tertiary alicyclic amines) is 2. The molecular formula is C23H29N5O3. The van der Waals surface area contributed by atoms with E-state index in [9.17, 15) is 14.4 Å². The summed E-state index contributed by atoms with van der Waals surface area (Å²) >= 11 is 0. The van der Waals surface area contributed by atoms with E-state index in [1.54, 1.807) is 0 Å². The van der Waals surface area contributed by atoms with Gasteiger partial charge in [0.05, 0.1) is 0 Å². The van der Waals surface area contributed by atoms with Gasteiger partial charge in [0.25, 0.3) is 5.56 Å². The van der Waals surface area contributed by atoms with Crippen LogP contribution < -0.4 is 10.9 Å². The van der Waals surface area contributed by atoms with Gasteiger partial charge in [0.2, 0.25) is 5.91 Å². The Morgan fingerprint density at radius 1 is 1.10 bits per heavy atom. The van der Waals surface area contributed by atoms with Crippen molar-refractivity contribution in [2.75, 3.05) is 31.5 Å². The monoisotopic (exact) mass is 423 g/mol. The van der Waals surface area contributed by atoms with Crippen molar-refractivity contribution in [2.24, 2.45) is 5.92 Å². The third kappa shape index (κ3) is 4.95. The zero-order chi connectivity index (χ0) is 21.8. The average Bonchev–Trinajstić information content (AvgIpc) is 3.33. The Morgan fingerprint density at radius 2 is 1.81 bits per heavy atom. The highest BCUT2D eigenvalue weighted by Gasteiger charge is 2.30. The molecule has 4 rings (SSSR count). The standard InChI is InChI=1S/C23H29N5O3/c1-2-18-15-20(29)26-21(24-18)17-6-5-7-19(14-17)25-22(30)16-8-12-28(13-9-16)23(31)27-10-3-4-11-27/h5-7,14-16H,2-4,8-13H2,1H3,(H,25,30)(H,24,26,29). The van der Waals surface area contributed by atoms with E-state index in [1.807, 2.05) is 41.0 Å². The molecule has 2 aliphatic rings. The topological polar surface area (TPSA) is 98.4 Å². The first-order valence-corrected chi connectivity index (χ1v) is 11.1. The van der Waals surface area contributed by atoms with E-state index in [0.29, 0.717) is 43.9 Å². The number of carbonyl (C=O) groups excluding carboxylic acids is 2. The molecule has 0 saturated carbocycles. The highest BCUT2D eigenvalue weighted by molar-refractivity contribution is 5.93. The zero-order valence-electron chi connectivity index (χ0n) is 17.9. The molecule has 0 bridgehead atoms. The number of urea groups is 1. The summed E-state index contributed by atoms with van der Waals surface area (Å²) in [7, 11) is 0. The normalized spacial score (nSPS) is 17.1. The molecule has 1 aromatic heterocycles. The van der Waals surface area contributed by atoms with Gasteiger partial charge in [-0.3, -0.25) is 9.59 Å². The summed E-state index contributed by atoms with van der Waals surface area (Å²) in [4.78, 5) is 48.2. The lowest BCUT2D eigenvalue weighted by Gasteiger charge is -2.34. The summed E-state index contributed by atoms with van der Waals surface area (Å²) in [5.74, 6) is 0.344. The molecule has 0 aliphatic carbocycles. The van der Waals surface area contributed by atoms with Crippen molar-refractivity contribution in [2.45, 2.75) is 39.0 Å². The predicted octanol–water partition coefficient (Wildman–Crippen LogP) is 2.87. The fraction of sp³-hybridized carbons (Fsp3) is 0.478. The Hall–Kier alpha value is -3.16. The van der Waals surface area contributed by atoms with Crippen molar-refractivity contribution < 1.29 is 9.59 Å². The van der Waals surface area contributed by atoms with Gasteiger partial charge in [-0.15, -0.1) is 0 Å². The first-order valence-electron chi connectivity index (χ1n) is 11.1. The number of amides is 3. The van der Waals surface area contributed by atoms with E-state index in [1.165, 1.54) is 6.07 Å². The molecule has 2 saturated heterocycles. The van der Waals surface area contributed by atoms with Crippen molar-refractivity contribution in [3.63, 3.8) is 0 Å². The van der Waals surface area contributed by atoms with Gasteiger partial charge >= 0.3 is 6.03 Å². The van der Waals surface area contributed by atoms with Crippen molar-refractivity contribution >= 4 is 17.6 Å². The number of nitrogens with zero attached hydrogens (tertiary/aromatic N) is 3. The first-order chi connectivity index (χ1) is 15.0. The Kier molecular flexibility index (Phi) is 6.34. The molecule has 0 unspecified atom stereocenters. The van der Waals surface area contributed by atoms with Crippen molar-refractivity contribution in [1.82, 2.24) is 19.8 Å². The molecular weight excluding hydrogens is 394 g/mol. The smallest absolute Gasteiger partial charge is 0.319 e. The lowest BCUT2D eigenvalue weighted by Crippen LogP contribution is -2.47. The molecule has 1 aromatic carbocycles. The Morgan fingerprint density at radius 3 is 2.52 bits per heavy atom. The summed E-state index contributed by atoms with van der Waals surface area (Å²) in [6.07, 6.45) is 4.16. The molecule has 0 atom stereocenters. The molecule has 8 nitrogen and oxygen atoms in total. The predicted molar refractivity (Wildman–Crippen MR) is 119 cm³/mol. The molecule has 3 amide bonds. The number of benzene rings is 1. The zero-order valence-corrected chi connectivity index (χ0v) is 17.9. The third-order valence-corrected chi connectivity index (χ3v) is 6.07. The van der Waals surface area contributed by atoms with Crippen LogP contribution in [-0.4, -0.2) is 57.9 Å². The van der Waals surface area contributed by atoms with Crippen LogP contribution in [0, 0.1) is 5.92 Å². The van der Waals surface area contributed by atoms with E-state index in [4.69, 9.17) is 0 Å². The first kappa shape index (κ1) is 21.1. The highest BCUT2D eigenvalue weighted by atomic mass is 16.2. The van der Waals surface area contributed by atoms with Crippen LogP contribution in [0.15, 0.2) is 35.1 Å². The third-order valence-electron chi connectivity index (χ3n) is 6.07. The van der Waals surface area contributed by atoms with Crippen molar-refractivity contribution in [3.8, 4) is 11.4 Å². The number of aromatic amines is 1. The van der Waals surface area contributed by atoms with Gasteiger partial charge in [-0.2, -0.15) is 0 Å². The maximum atomic E-state index is 12.8. The quantitative estimate of drug-likeness (QED) is 0.790. The maximum absolute atomic E-state index is 12.8. The van der Waals surface area contributed by atoms with Crippen LogP contribution in [0.4, 0.5) is 10.5 Å². The average molecular weight is 424 g/mol. The molecule has 0 spiro atoms. The van der Waals surface area contributed by atoms with Gasteiger partial charge in [-0.25, -0.2) is 9.78 Å². The molecule has 8 heteroatoms. The highest BCUT2D eigenvalue weighted by Crippen LogP contribution is 2.23. The molecule has 2 aromatic rings. The minimum absolute atomic E-state index is 0.0332. The van der Waals surface area contributed by atoms with Gasteiger partial charge in [-0.05, 0) is 44.2 Å². The fourth-order valence-electron chi connectivity index (χ4n) is 4.26. The number of hydrogen-bond donors (Lipinski definition) is 2. The summed E-state index contributed by atoms with van der Waals surface area (Å²) in [6.45, 7) is 4.87. The van der Waals surface area contributed by atoms with Crippen LogP contribution in [0.3, 0.4) is 0 Å². The number of piperidine rings is 1. The number of nitrogens with one attached hydrogen (secondary N) is 2. The molecule has 2 N–H and O–H groups in total. The summed E-state index contributed by atoms with van der Waals surface area (Å²) < 4.78 is 0. The number of rotatable bonds is 4. The summed E-state index contributed by atoms with van der Waals surface area (Å²) in [6, 6.07) is 8.95. The Bertz CT molecular complexity index is 1000. The van der Waals surface area contributed by atoms with E-state index in [-0.39, 0.29) is 23.4 Å². The van der Waals surface area contributed by atoms with E-state index in [0.717, 1.165) is 37.2 Å². The van der Waals surface area contributed by atoms with Crippen LogP contribution in [0.25, 0.3) is 11.4 Å². The lowest BCUT2D eigenvalue weighted by atomic mass is 9.96. The van der Waals surface area contributed by atoms with Crippen LogP contribution in [0.2, 0.25) is 0 Å². The van der Waals surface area contributed by atoms with E-state index < -0.39 is 0 Å². The van der Waals surface area contributed by atoms with Crippen molar-refractivity contribution in [1.29, 1.82) is 0 Å². The van der Waals surface area contributed by atoms with Crippen LogP contribution in [0.5, 0.6) is 0 Å². The Balaban J connectivity index is 1.37. The Labute approximate surface area is 181 Å². The van der Waals surface area contributed by atoms with Gasteiger partial charge < -0.3 is 20.1 Å². The summed E-state index contributed by atoms with van der Waals surface area (Å²) in [5, 5.41) is 2.99. The molecule has 164 valence electrons. The van der Waals surface area contributed by atoms with E-state index >= 15 is 0 Å². The second kappa shape index (κ2) is 9.32. The second-order valence-corrected chi connectivity index (χ2v) is 8.25. The molecule has 31 heavy (non-hydrogen) atoms. The number of anilines is 1. The largest absolute Gasteiger partial charge is 0.326 e. The minimum Gasteiger partial charge on any atom is -0.326 e. The molecule has 2 fully saturated rings. The van der Waals surface area contributed by atoms with Gasteiger partial charge in [0, 0.05) is 55.1 Å². The molecule has 2 aliphatic heterocycles. The fourth-order valence-corrected chi connectivity index (χ4v) is 4.26. The number of carbonyl (C=O) groups is 2. The van der Waals surface area contributed by atoms with Crippen LogP contribution in [-0.2, 0) is 11.2 Å². The van der Waals surface area contributed by atoms with Crippen molar-refractivity contribution in [3.05, 3.63) is 46.4 Å².